The summed E-state index contributed by atoms with van der Waals surface area (Å²) in [5, 5.41) is 5.66. The highest BCUT2D eigenvalue weighted by Crippen LogP contribution is 2.39. The fraction of sp³-hybridized carbons (Fsp3) is 0.261. The average molecular weight is 390 g/mol. The van der Waals surface area contributed by atoms with Crippen molar-refractivity contribution in [1.82, 2.24) is 5.32 Å². The Bertz CT molecular complexity index is 980. The third-order valence-corrected chi connectivity index (χ3v) is 5.48. The number of carbonyl (C=O) groups excluding carboxylic acids is 3. The maximum atomic E-state index is 13.0. The molecule has 29 heavy (non-hydrogen) atoms. The summed E-state index contributed by atoms with van der Waals surface area (Å²) in [5.41, 5.74) is 2.68. The number of benzene rings is 2. The SMILES string of the molecule is COc1ccc([C@@H]2CC(=O)C3=C(C2)NC(=O)C[C@@H]3C(=O)Nc2ccccc2)cc1. The number of hydrogen-bond donors (Lipinski definition) is 2. The van der Waals surface area contributed by atoms with Crippen molar-refractivity contribution >= 4 is 23.3 Å². The molecule has 1 aliphatic carbocycles. The largest absolute Gasteiger partial charge is 0.497 e. The van der Waals surface area contributed by atoms with Crippen molar-refractivity contribution in [2.45, 2.75) is 25.2 Å². The van der Waals surface area contributed by atoms with Gasteiger partial charge in [0.2, 0.25) is 11.8 Å². The first-order valence-corrected chi connectivity index (χ1v) is 9.61. The number of carbonyl (C=O) groups is 3. The zero-order chi connectivity index (χ0) is 20.4. The van der Waals surface area contributed by atoms with Crippen LogP contribution in [0.5, 0.6) is 5.75 Å². The lowest BCUT2D eigenvalue weighted by Gasteiger charge is -2.33. The quantitative estimate of drug-likeness (QED) is 0.840. The third kappa shape index (κ3) is 3.92. The topological polar surface area (TPSA) is 84.5 Å². The van der Waals surface area contributed by atoms with Gasteiger partial charge in [-0.05, 0) is 42.2 Å². The molecule has 1 aliphatic heterocycles. The molecule has 2 aromatic rings. The van der Waals surface area contributed by atoms with E-state index in [0.29, 0.717) is 29.8 Å². The van der Waals surface area contributed by atoms with Gasteiger partial charge in [0.05, 0.1) is 13.0 Å². The predicted molar refractivity (Wildman–Crippen MR) is 108 cm³/mol. The number of ether oxygens (including phenoxy) is 1. The van der Waals surface area contributed by atoms with Gasteiger partial charge in [-0.25, -0.2) is 0 Å². The molecular weight excluding hydrogens is 368 g/mol. The number of rotatable bonds is 4. The summed E-state index contributed by atoms with van der Waals surface area (Å²) in [4.78, 5) is 38.1. The lowest BCUT2D eigenvalue weighted by Crippen LogP contribution is -2.43. The summed E-state index contributed by atoms with van der Waals surface area (Å²) >= 11 is 0. The van der Waals surface area contributed by atoms with Gasteiger partial charge in [-0.15, -0.1) is 0 Å². The minimum atomic E-state index is -0.761. The summed E-state index contributed by atoms with van der Waals surface area (Å²) < 4.78 is 5.19. The molecule has 4 rings (SSSR count). The number of anilines is 1. The third-order valence-electron chi connectivity index (χ3n) is 5.48. The molecule has 0 saturated carbocycles. The molecule has 6 nitrogen and oxygen atoms in total. The molecule has 0 saturated heterocycles. The highest BCUT2D eigenvalue weighted by atomic mass is 16.5. The highest BCUT2D eigenvalue weighted by Gasteiger charge is 2.40. The van der Waals surface area contributed by atoms with Gasteiger partial charge in [-0.2, -0.15) is 0 Å². The van der Waals surface area contributed by atoms with Gasteiger partial charge in [0.25, 0.3) is 0 Å². The van der Waals surface area contributed by atoms with Gasteiger partial charge in [0.15, 0.2) is 5.78 Å². The van der Waals surface area contributed by atoms with E-state index in [2.05, 4.69) is 10.6 Å². The van der Waals surface area contributed by atoms with E-state index in [1.54, 1.807) is 19.2 Å². The summed E-state index contributed by atoms with van der Waals surface area (Å²) in [5.74, 6) is -0.693. The Balaban J connectivity index is 1.59. The zero-order valence-corrected chi connectivity index (χ0v) is 16.1. The fourth-order valence-electron chi connectivity index (χ4n) is 4.05. The predicted octanol–water partition coefficient (Wildman–Crippen LogP) is 3.17. The van der Waals surface area contributed by atoms with E-state index in [1.165, 1.54) is 0 Å². The summed E-state index contributed by atoms with van der Waals surface area (Å²) in [7, 11) is 1.61. The van der Waals surface area contributed by atoms with E-state index < -0.39 is 5.92 Å². The standard InChI is InChI=1S/C23H22N2O4/c1-29-17-9-7-14(8-10-17)15-11-19-22(20(26)12-15)18(13-21(27)25-19)23(28)24-16-5-3-2-4-6-16/h2-10,15,18H,11-13H2,1H3,(H,24,28)(H,25,27)/t15-,18-/m0/s1. The van der Waals surface area contributed by atoms with Crippen LogP contribution in [0.4, 0.5) is 5.69 Å². The van der Waals surface area contributed by atoms with E-state index in [9.17, 15) is 14.4 Å². The number of methoxy groups -OCH3 is 1. The van der Waals surface area contributed by atoms with Crippen LogP contribution in [-0.4, -0.2) is 24.7 Å². The van der Waals surface area contributed by atoms with Gasteiger partial charge in [-0.3, -0.25) is 14.4 Å². The highest BCUT2D eigenvalue weighted by molar-refractivity contribution is 6.09. The van der Waals surface area contributed by atoms with E-state index in [0.717, 1.165) is 11.3 Å². The molecule has 0 spiro atoms. The van der Waals surface area contributed by atoms with Crippen LogP contribution in [0.3, 0.4) is 0 Å². The van der Waals surface area contributed by atoms with Crippen molar-refractivity contribution in [3.8, 4) is 5.75 Å². The van der Waals surface area contributed by atoms with Gasteiger partial charge in [0.1, 0.15) is 5.75 Å². The monoisotopic (exact) mass is 390 g/mol. The van der Waals surface area contributed by atoms with E-state index in [-0.39, 0.29) is 29.9 Å². The molecule has 0 aromatic heterocycles. The van der Waals surface area contributed by atoms with Gasteiger partial charge < -0.3 is 15.4 Å². The van der Waals surface area contributed by atoms with Crippen molar-refractivity contribution < 1.29 is 19.1 Å². The van der Waals surface area contributed by atoms with E-state index >= 15 is 0 Å². The molecule has 0 fully saturated rings. The van der Waals surface area contributed by atoms with Crippen molar-refractivity contribution in [2.24, 2.45) is 5.92 Å². The number of ketones is 1. The van der Waals surface area contributed by atoms with Gasteiger partial charge in [0, 0.05) is 29.8 Å². The number of allylic oxidation sites excluding steroid dienone is 1. The van der Waals surface area contributed by atoms with Crippen LogP contribution in [0.1, 0.15) is 30.7 Å². The number of Topliss-reactive ketones (excluding diaryl/α,β-unsaturated/α-hetero) is 1. The molecule has 2 aromatic carbocycles. The van der Waals surface area contributed by atoms with Gasteiger partial charge in [-0.1, -0.05) is 30.3 Å². The molecule has 2 aliphatic rings. The minimum absolute atomic E-state index is 0.0174. The fourth-order valence-corrected chi connectivity index (χ4v) is 4.05. The van der Waals surface area contributed by atoms with Crippen LogP contribution in [0.25, 0.3) is 0 Å². The molecule has 0 unspecified atom stereocenters. The first-order valence-electron chi connectivity index (χ1n) is 9.61. The zero-order valence-electron chi connectivity index (χ0n) is 16.1. The van der Waals surface area contributed by atoms with Crippen molar-refractivity contribution in [2.75, 3.05) is 12.4 Å². The number of para-hydroxylation sites is 1. The summed E-state index contributed by atoms with van der Waals surface area (Å²) in [6.45, 7) is 0. The molecular formula is C23H22N2O4. The first-order chi connectivity index (χ1) is 14.0. The average Bonchev–Trinajstić information content (AvgIpc) is 2.73. The molecule has 0 bridgehead atoms. The summed E-state index contributed by atoms with van der Waals surface area (Å²) in [6.07, 6.45) is 0.820. The molecule has 2 atom stereocenters. The molecule has 0 radical (unpaired) electrons. The van der Waals surface area contributed by atoms with Crippen molar-refractivity contribution in [1.29, 1.82) is 0 Å². The molecule has 2 amide bonds. The molecule has 2 N–H and O–H groups in total. The second-order valence-electron chi connectivity index (χ2n) is 7.35. The molecule has 148 valence electrons. The van der Waals surface area contributed by atoms with Crippen LogP contribution in [0.15, 0.2) is 65.9 Å². The normalized spacial score (nSPS) is 21.3. The summed E-state index contributed by atoms with van der Waals surface area (Å²) in [6, 6.07) is 16.6. The van der Waals surface area contributed by atoms with Crippen LogP contribution in [-0.2, 0) is 14.4 Å². The smallest absolute Gasteiger partial charge is 0.232 e. The second kappa shape index (κ2) is 7.91. The molecule has 1 heterocycles. The second-order valence-corrected chi connectivity index (χ2v) is 7.35. The first kappa shape index (κ1) is 18.9. The Morgan fingerprint density at radius 1 is 1.00 bits per heavy atom. The van der Waals surface area contributed by atoms with Crippen LogP contribution in [0.2, 0.25) is 0 Å². The van der Waals surface area contributed by atoms with Crippen LogP contribution in [0, 0.1) is 5.92 Å². The number of hydrogen-bond acceptors (Lipinski definition) is 4. The maximum Gasteiger partial charge on any atom is 0.232 e. The lowest BCUT2D eigenvalue weighted by molar-refractivity contribution is -0.129. The number of amides is 2. The van der Waals surface area contributed by atoms with Crippen LogP contribution >= 0.6 is 0 Å². The van der Waals surface area contributed by atoms with E-state index in [4.69, 9.17) is 4.74 Å². The van der Waals surface area contributed by atoms with Crippen molar-refractivity contribution in [3.63, 3.8) is 0 Å². The molecule has 6 heteroatoms. The Hall–Kier alpha value is -3.41. The van der Waals surface area contributed by atoms with Crippen molar-refractivity contribution in [3.05, 3.63) is 71.4 Å². The Morgan fingerprint density at radius 2 is 1.72 bits per heavy atom. The Labute approximate surface area is 168 Å². The Morgan fingerprint density at radius 3 is 2.41 bits per heavy atom. The van der Waals surface area contributed by atoms with E-state index in [1.807, 2.05) is 42.5 Å². The Kier molecular flexibility index (Phi) is 5.16. The number of nitrogens with one attached hydrogen (secondary N) is 2. The maximum absolute atomic E-state index is 13.0. The van der Waals surface area contributed by atoms with Gasteiger partial charge >= 0.3 is 0 Å². The minimum Gasteiger partial charge on any atom is -0.497 e. The van der Waals surface area contributed by atoms with Crippen LogP contribution < -0.4 is 15.4 Å². The lowest BCUT2D eigenvalue weighted by atomic mass is 9.75.